The van der Waals surface area contributed by atoms with E-state index in [9.17, 15) is 18.8 Å². The lowest BCUT2D eigenvalue weighted by molar-refractivity contribution is -0.137. The van der Waals surface area contributed by atoms with Gasteiger partial charge in [-0.2, -0.15) is 15.3 Å². The van der Waals surface area contributed by atoms with E-state index in [0.717, 1.165) is 11.1 Å². The third-order valence-corrected chi connectivity index (χ3v) is 7.70. The molecule has 2 aliphatic heterocycles. The fraction of sp³-hybridized carbons (Fsp3) is 0.267. The second-order valence-corrected chi connectivity index (χ2v) is 10.6. The SMILES string of the molecule is C=C(N)c1nn(CC(=O)N2CC(F)CC2C(=O)Nc2ccc3c(c2)N(C)C(=O)C(C)O3)c2ccc(-c3ccnnc3)cc12. The number of rotatable bonds is 6. The average Bonchev–Trinajstić information content (AvgIpc) is 3.57. The van der Waals surface area contributed by atoms with Gasteiger partial charge in [-0.3, -0.25) is 19.1 Å². The first-order valence-electron chi connectivity index (χ1n) is 13.7. The number of hydrogen-bond acceptors (Lipinski definition) is 8. The first kappa shape index (κ1) is 27.8. The number of carbonyl (C=O) groups excluding carboxylic acids is 3. The Morgan fingerprint density at radius 3 is 2.72 bits per heavy atom. The highest BCUT2D eigenvalue weighted by molar-refractivity contribution is 6.02. The molecule has 3 N–H and O–H groups in total. The average molecular weight is 585 g/mol. The van der Waals surface area contributed by atoms with E-state index >= 15 is 0 Å². The number of nitrogens with one attached hydrogen (secondary N) is 1. The molecule has 0 saturated carbocycles. The van der Waals surface area contributed by atoms with E-state index < -0.39 is 30.1 Å². The van der Waals surface area contributed by atoms with Gasteiger partial charge in [-0.25, -0.2) is 4.39 Å². The zero-order valence-corrected chi connectivity index (χ0v) is 23.5. The van der Waals surface area contributed by atoms with Crippen molar-refractivity contribution in [3.05, 3.63) is 67.1 Å². The summed E-state index contributed by atoms with van der Waals surface area (Å²) in [6.45, 7) is 5.02. The van der Waals surface area contributed by atoms with E-state index in [1.54, 1.807) is 44.6 Å². The molecule has 2 aromatic heterocycles. The van der Waals surface area contributed by atoms with E-state index in [1.807, 2.05) is 24.3 Å². The lowest BCUT2D eigenvalue weighted by Gasteiger charge is -2.30. The summed E-state index contributed by atoms with van der Waals surface area (Å²) in [5.41, 5.74) is 9.88. The predicted octanol–water partition coefficient (Wildman–Crippen LogP) is 2.74. The Bertz CT molecular complexity index is 1770. The first-order chi connectivity index (χ1) is 20.6. The van der Waals surface area contributed by atoms with Crippen molar-refractivity contribution in [3.8, 4) is 16.9 Å². The molecular formula is C30H29FN8O4. The van der Waals surface area contributed by atoms with Crippen LogP contribution in [0, 0.1) is 0 Å². The summed E-state index contributed by atoms with van der Waals surface area (Å²) in [5.74, 6) is -0.726. The number of likely N-dealkylation sites (N-methyl/N-ethyl adjacent to an activating group) is 1. The van der Waals surface area contributed by atoms with Gasteiger partial charge in [0.25, 0.3) is 5.91 Å². The number of halogens is 1. The van der Waals surface area contributed by atoms with Gasteiger partial charge in [0.05, 0.1) is 35.8 Å². The maximum atomic E-state index is 14.7. The number of alkyl halides is 1. The number of likely N-dealkylation sites (tertiary alicyclic amines) is 1. The van der Waals surface area contributed by atoms with Crippen LogP contribution in [0.4, 0.5) is 15.8 Å². The fourth-order valence-electron chi connectivity index (χ4n) is 5.52. The van der Waals surface area contributed by atoms with Gasteiger partial charge in [0.1, 0.15) is 30.2 Å². The second kappa shape index (κ2) is 10.8. The molecule has 0 aliphatic carbocycles. The Hall–Kier alpha value is -5.33. The zero-order valence-electron chi connectivity index (χ0n) is 23.5. The maximum absolute atomic E-state index is 14.7. The second-order valence-electron chi connectivity index (χ2n) is 10.6. The molecule has 13 heteroatoms. The number of amides is 3. The van der Waals surface area contributed by atoms with E-state index in [4.69, 9.17) is 10.5 Å². The molecule has 6 rings (SSSR count). The largest absolute Gasteiger partial charge is 0.479 e. The molecule has 1 saturated heterocycles. The molecule has 1 fully saturated rings. The summed E-state index contributed by atoms with van der Waals surface area (Å²) in [6, 6.07) is 11.2. The highest BCUT2D eigenvalue weighted by Crippen LogP contribution is 2.36. The van der Waals surface area contributed by atoms with Gasteiger partial charge in [-0.05, 0) is 48.9 Å². The Kier molecular flexibility index (Phi) is 7.00. The monoisotopic (exact) mass is 584 g/mol. The van der Waals surface area contributed by atoms with E-state index in [0.29, 0.717) is 33.7 Å². The summed E-state index contributed by atoms with van der Waals surface area (Å²) in [4.78, 5) is 41.9. The standard InChI is InChI=1S/C30H29FN8O4/c1-16(32)28-22-10-18(19-8-9-33-34-13-19)4-6-23(22)39(36-28)15-27(40)38-14-20(31)11-25(38)29(41)35-21-5-7-26-24(12-21)37(3)30(42)17(2)43-26/h4-10,12-13,17,20,25H,1,11,14-15,32H2,2-3H3,(H,35,41). The smallest absolute Gasteiger partial charge is 0.267 e. The van der Waals surface area contributed by atoms with E-state index in [-0.39, 0.29) is 31.1 Å². The van der Waals surface area contributed by atoms with Crippen LogP contribution in [0.3, 0.4) is 0 Å². The van der Waals surface area contributed by atoms with Crippen LogP contribution < -0.4 is 20.7 Å². The molecule has 0 radical (unpaired) electrons. The van der Waals surface area contributed by atoms with Crippen molar-refractivity contribution in [1.82, 2.24) is 24.9 Å². The third-order valence-electron chi connectivity index (χ3n) is 7.70. The number of hydrogen-bond donors (Lipinski definition) is 2. The number of carbonyl (C=O) groups is 3. The van der Waals surface area contributed by atoms with Crippen molar-refractivity contribution < 1.29 is 23.5 Å². The van der Waals surface area contributed by atoms with E-state index in [1.165, 1.54) is 14.5 Å². The number of nitrogens with two attached hydrogens (primary N) is 1. The minimum Gasteiger partial charge on any atom is -0.479 e. The number of aromatic nitrogens is 4. The normalized spacial score (nSPS) is 19.7. The van der Waals surface area contributed by atoms with Crippen molar-refractivity contribution >= 4 is 45.7 Å². The van der Waals surface area contributed by atoms with Gasteiger partial charge in [0, 0.05) is 30.1 Å². The molecule has 3 unspecified atom stereocenters. The molecule has 0 bridgehead atoms. The highest BCUT2D eigenvalue weighted by Gasteiger charge is 2.40. The van der Waals surface area contributed by atoms with Crippen LogP contribution in [0.15, 0.2) is 61.4 Å². The molecule has 43 heavy (non-hydrogen) atoms. The van der Waals surface area contributed by atoms with E-state index in [2.05, 4.69) is 27.2 Å². The molecule has 220 valence electrons. The number of nitrogens with zero attached hydrogens (tertiary/aromatic N) is 6. The van der Waals surface area contributed by atoms with Gasteiger partial charge in [-0.15, -0.1) is 0 Å². The van der Waals surface area contributed by atoms with Crippen LogP contribution in [0.5, 0.6) is 5.75 Å². The molecule has 2 aromatic carbocycles. The van der Waals surface area contributed by atoms with Crippen molar-refractivity contribution in [2.24, 2.45) is 5.73 Å². The van der Waals surface area contributed by atoms with Crippen molar-refractivity contribution in [1.29, 1.82) is 0 Å². The summed E-state index contributed by atoms with van der Waals surface area (Å²) in [6.07, 6.45) is 1.09. The Morgan fingerprint density at radius 2 is 1.98 bits per heavy atom. The van der Waals surface area contributed by atoms with Gasteiger partial charge in [0.2, 0.25) is 11.8 Å². The van der Waals surface area contributed by atoms with Crippen molar-refractivity contribution in [2.45, 2.75) is 38.2 Å². The number of anilines is 2. The number of fused-ring (bicyclic) bond motifs is 2. The molecule has 3 amide bonds. The molecule has 4 heterocycles. The highest BCUT2D eigenvalue weighted by atomic mass is 19.1. The van der Waals surface area contributed by atoms with Crippen LogP contribution in [0.25, 0.3) is 27.7 Å². The Labute approximate surface area is 245 Å². The number of ether oxygens (including phenoxy) is 1. The zero-order chi connectivity index (χ0) is 30.4. The lowest BCUT2D eigenvalue weighted by atomic mass is 10.0. The molecule has 4 aromatic rings. The maximum Gasteiger partial charge on any atom is 0.267 e. The topological polar surface area (TPSA) is 149 Å². The number of benzene rings is 2. The lowest BCUT2D eigenvalue weighted by Crippen LogP contribution is -2.44. The molecule has 3 atom stereocenters. The summed E-state index contributed by atoms with van der Waals surface area (Å²) in [5, 5.41) is 15.7. The van der Waals surface area contributed by atoms with Crippen LogP contribution in [0.2, 0.25) is 0 Å². The van der Waals surface area contributed by atoms with Gasteiger partial charge < -0.3 is 25.6 Å². The van der Waals surface area contributed by atoms with Crippen molar-refractivity contribution in [2.75, 3.05) is 23.8 Å². The van der Waals surface area contributed by atoms with Gasteiger partial charge >= 0.3 is 0 Å². The molecule has 0 spiro atoms. The molecule has 12 nitrogen and oxygen atoms in total. The minimum absolute atomic E-state index is 0.143. The van der Waals surface area contributed by atoms with Crippen LogP contribution in [-0.4, -0.2) is 74.5 Å². The van der Waals surface area contributed by atoms with Gasteiger partial charge in [-0.1, -0.05) is 12.6 Å². The third kappa shape index (κ3) is 5.13. The Morgan fingerprint density at radius 1 is 1.16 bits per heavy atom. The summed E-state index contributed by atoms with van der Waals surface area (Å²) >= 11 is 0. The predicted molar refractivity (Wildman–Crippen MR) is 158 cm³/mol. The Balaban J connectivity index is 1.23. The molecular weight excluding hydrogens is 555 g/mol. The van der Waals surface area contributed by atoms with Crippen LogP contribution in [-0.2, 0) is 20.9 Å². The quantitative estimate of drug-likeness (QED) is 0.352. The van der Waals surface area contributed by atoms with Crippen LogP contribution in [0.1, 0.15) is 19.0 Å². The summed E-state index contributed by atoms with van der Waals surface area (Å²) in [7, 11) is 1.62. The summed E-state index contributed by atoms with van der Waals surface area (Å²) < 4.78 is 21.8. The minimum atomic E-state index is -1.37. The molecule has 2 aliphatic rings. The van der Waals surface area contributed by atoms with Gasteiger partial charge in [0.15, 0.2) is 6.10 Å². The fourth-order valence-corrected chi connectivity index (χ4v) is 5.52. The van der Waals surface area contributed by atoms with Crippen molar-refractivity contribution in [3.63, 3.8) is 0 Å². The van der Waals surface area contributed by atoms with Crippen LogP contribution >= 0.6 is 0 Å². The first-order valence-corrected chi connectivity index (χ1v) is 13.7.